The third-order valence-electron chi connectivity index (χ3n) is 2.23. The molecule has 1 aromatic carbocycles. The minimum Gasteiger partial charge on any atom is -0.460 e. The molecule has 0 heterocycles. The number of esters is 1. The third-order valence-corrected chi connectivity index (χ3v) is 2.23. The summed E-state index contributed by atoms with van der Waals surface area (Å²) in [5.74, 6) is -1.82. The third kappa shape index (κ3) is 4.93. The van der Waals surface area contributed by atoms with E-state index in [2.05, 4.69) is 0 Å². The zero-order valence-corrected chi connectivity index (χ0v) is 11.5. The first-order valence-corrected chi connectivity index (χ1v) is 5.96. The van der Waals surface area contributed by atoms with Crippen LogP contribution < -0.4 is 0 Å². The second kappa shape index (κ2) is 6.42. The van der Waals surface area contributed by atoms with Crippen LogP contribution in [0.5, 0.6) is 0 Å². The fourth-order valence-electron chi connectivity index (χ4n) is 1.34. The number of benzene rings is 1. The molecule has 0 aliphatic carbocycles. The summed E-state index contributed by atoms with van der Waals surface area (Å²) in [6.45, 7) is 5.63. The predicted molar refractivity (Wildman–Crippen MR) is 69.0 cm³/mol. The molecule has 0 atom stereocenters. The van der Waals surface area contributed by atoms with Gasteiger partial charge in [-0.2, -0.15) is 0 Å². The normalized spacial score (nSPS) is 11.2. The lowest BCUT2D eigenvalue weighted by Gasteiger charge is -2.19. The van der Waals surface area contributed by atoms with E-state index >= 15 is 0 Å². The van der Waals surface area contributed by atoms with Gasteiger partial charge in [-0.25, -0.2) is 9.18 Å². The van der Waals surface area contributed by atoms with E-state index < -0.39 is 22.3 Å². The highest BCUT2D eigenvalue weighted by Crippen LogP contribution is 2.17. The average Bonchev–Trinajstić information content (AvgIpc) is 2.33. The second-order valence-electron chi connectivity index (χ2n) is 5.02. The van der Waals surface area contributed by atoms with E-state index in [4.69, 9.17) is 9.47 Å². The van der Waals surface area contributed by atoms with E-state index in [0.29, 0.717) is 0 Å². The Balaban J connectivity index is 2.63. The Hall–Kier alpha value is -2.02. The van der Waals surface area contributed by atoms with Gasteiger partial charge in [0.1, 0.15) is 18.0 Å². The van der Waals surface area contributed by atoms with Crippen LogP contribution in [0.4, 0.5) is 10.1 Å². The van der Waals surface area contributed by atoms with Crippen molar-refractivity contribution in [1.82, 2.24) is 0 Å². The molecule has 0 fully saturated rings. The van der Waals surface area contributed by atoms with Crippen molar-refractivity contribution in [3.05, 3.63) is 39.7 Å². The van der Waals surface area contributed by atoms with Gasteiger partial charge >= 0.3 is 5.97 Å². The topological polar surface area (TPSA) is 78.7 Å². The standard InChI is InChI=1S/C13H16FNO5/c1-13(2,3)20-7-6-19-12(16)10-8-9(15(17)18)4-5-11(10)14/h4-5,8H,6-7H2,1-3H3. The van der Waals surface area contributed by atoms with Crippen LogP contribution in [-0.2, 0) is 9.47 Å². The molecule has 0 radical (unpaired) electrons. The summed E-state index contributed by atoms with van der Waals surface area (Å²) in [5.41, 5.74) is -1.21. The van der Waals surface area contributed by atoms with Crippen LogP contribution in [0.2, 0.25) is 0 Å². The molecular formula is C13H16FNO5. The summed E-state index contributed by atoms with van der Waals surface area (Å²) in [6.07, 6.45) is 0. The quantitative estimate of drug-likeness (QED) is 0.360. The minimum atomic E-state index is -0.955. The number of carbonyl (C=O) groups excluding carboxylic acids is 1. The van der Waals surface area contributed by atoms with Crippen LogP contribution in [0.15, 0.2) is 18.2 Å². The molecule has 110 valence electrons. The Kier molecular flexibility index (Phi) is 5.15. The lowest BCUT2D eigenvalue weighted by Crippen LogP contribution is -2.22. The summed E-state index contributed by atoms with van der Waals surface area (Å²) in [4.78, 5) is 21.5. The van der Waals surface area contributed by atoms with Crippen LogP contribution >= 0.6 is 0 Å². The van der Waals surface area contributed by atoms with Gasteiger partial charge in [-0.05, 0) is 26.8 Å². The number of nitrogens with zero attached hydrogens (tertiary/aromatic N) is 1. The summed E-state index contributed by atoms with van der Waals surface area (Å²) >= 11 is 0. The molecule has 0 unspecified atom stereocenters. The molecule has 1 rings (SSSR count). The molecule has 0 aromatic heterocycles. The summed E-state index contributed by atoms with van der Waals surface area (Å²) in [5, 5.41) is 10.6. The number of hydrogen-bond acceptors (Lipinski definition) is 5. The van der Waals surface area contributed by atoms with E-state index in [-0.39, 0.29) is 24.5 Å². The van der Waals surface area contributed by atoms with Crippen LogP contribution in [0.25, 0.3) is 0 Å². The molecule has 20 heavy (non-hydrogen) atoms. The zero-order chi connectivity index (χ0) is 15.3. The summed E-state index contributed by atoms with van der Waals surface area (Å²) in [7, 11) is 0. The van der Waals surface area contributed by atoms with Gasteiger partial charge in [0.2, 0.25) is 0 Å². The van der Waals surface area contributed by atoms with Gasteiger partial charge in [0.15, 0.2) is 0 Å². The molecule has 1 aromatic rings. The first kappa shape index (κ1) is 16.0. The minimum absolute atomic E-state index is 0.0573. The highest BCUT2D eigenvalue weighted by Gasteiger charge is 2.18. The van der Waals surface area contributed by atoms with Crippen molar-refractivity contribution in [2.75, 3.05) is 13.2 Å². The first-order chi connectivity index (χ1) is 9.20. The van der Waals surface area contributed by atoms with E-state index in [1.165, 1.54) is 0 Å². The SMILES string of the molecule is CC(C)(C)OCCOC(=O)c1cc([N+](=O)[O-])ccc1F. The number of non-ortho nitro benzene ring substituents is 1. The highest BCUT2D eigenvalue weighted by molar-refractivity contribution is 5.90. The molecule has 7 heteroatoms. The number of halogens is 1. The fourth-order valence-corrected chi connectivity index (χ4v) is 1.34. The molecule has 0 saturated heterocycles. The van der Waals surface area contributed by atoms with Gasteiger partial charge in [0.05, 0.1) is 17.1 Å². The molecular weight excluding hydrogens is 269 g/mol. The van der Waals surface area contributed by atoms with Crippen molar-refractivity contribution in [2.45, 2.75) is 26.4 Å². The lowest BCUT2D eigenvalue weighted by molar-refractivity contribution is -0.384. The van der Waals surface area contributed by atoms with Gasteiger partial charge in [0, 0.05) is 12.1 Å². The van der Waals surface area contributed by atoms with Crippen LogP contribution in [0.1, 0.15) is 31.1 Å². The van der Waals surface area contributed by atoms with Gasteiger partial charge in [-0.15, -0.1) is 0 Å². The van der Waals surface area contributed by atoms with E-state index in [1.807, 2.05) is 20.8 Å². The number of carbonyl (C=O) groups is 1. The predicted octanol–water partition coefficient (Wildman–Crippen LogP) is 2.71. The van der Waals surface area contributed by atoms with Crippen LogP contribution in [-0.4, -0.2) is 29.7 Å². The summed E-state index contributed by atoms with van der Waals surface area (Å²) < 4.78 is 23.6. The average molecular weight is 285 g/mol. The van der Waals surface area contributed by atoms with Crippen molar-refractivity contribution in [2.24, 2.45) is 0 Å². The number of rotatable bonds is 5. The molecule has 0 bridgehead atoms. The van der Waals surface area contributed by atoms with E-state index in [1.54, 1.807) is 0 Å². The first-order valence-electron chi connectivity index (χ1n) is 5.96. The Morgan fingerprint density at radius 3 is 2.55 bits per heavy atom. The largest absolute Gasteiger partial charge is 0.460 e. The maximum Gasteiger partial charge on any atom is 0.341 e. The summed E-state index contributed by atoms with van der Waals surface area (Å²) in [6, 6.07) is 2.69. The molecule has 0 N–H and O–H groups in total. The molecule has 6 nitrogen and oxygen atoms in total. The smallest absolute Gasteiger partial charge is 0.341 e. The van der Waals surface area contributed by atoms with Crippen molar-refractivity contribution < 1.29 is 23.6 Å². The number of nitro benzene ring substituents is 1. The Morgan fingerprint density at radius 1 is 1.35 bits per heavy atom. The second-order valence-corrected chi connectivity index (χ2v) is 5.02. The van der Waals surface area contributed by atoms with Gasteiger partial charge < -0.3 is 9.47 Å². The van der Waals surface area contributed by atoms with E-state index in [9.17, 15) is 19.3 Å². The van der Waals surface area contributed by atoms with Crippen LogP contribution in [0.3, 0.4) is 0 Å². The molecule has 0 spiro atoms. The van der Waals surface area contributed by atoms with Gasteiger partial charge in [-0.3, -0.25) is 10.1 Å². The Labute approximate surface area is 115 Å². The van der Waals surface area contributed by atoms with Crippen molar-refractivity contribution >= 4 is 11.7 Å². The Bertz CT molecular complexity index is 510. The molecule has 0 aliphatic rings. The molecule has 0 amide bonds. The fraction of sp³-hybridized carbons (Fsp3) is 0.462. The maximum absolute atomic E-state index is 13.4. The number of ether oxygens (including phenoxy) is 2. The van der Waals surface area contributed by atoms with E-state index in [0.717, 1.165) is 18.2 Å². The van der Waals surface area contributed by atoms with Crippen molar-refractivity contribution in [1.29, 1.82) is 0 Å². The number of nitro groups is 1. The molecule has 0 saturated carbocycles. The van der Waals surface area contributed by atoms with Crippen molar-refractivity contribution in [3.8, 4) is 0 Å². The maximum atomic E-state index is 13.4. The van der Waals surface area contributed by atoms with Gasteiger partial charge in [0.25, 0.3) is 5.69 Å². The lowest BCUT2D eigenvalue weighted by atomic mass is 10.2. The van der Waals surface area contributed by atoms with Crippen LogP contribution in [0, 0.1) is 15.9 Å². The highest BCUT2D eigenvalue weighted by atomic mass is 19.1. The monoisotopic (exact) mass is 285 g/mol. The molecule has 0 aliphatic heterocycles. The Morgan fingerprint density at radius 2 is 2.00 bits per heavy atom. The number of hydrogen-bond donors (Lipinski definition) is 0. The van der Waals surface area contributed by atoms with Crippen molar-refractivity contribution in [3.63, 3.8) is 0 Å². The zero-order valence-electron chi connectivity index (χ0n) is 11.5. The van der Waals surface area contributed by atoms with Gasteiger partial charge in [-0.1, -0.05) is 0 Å².